The second-order valence-corrected chi connectivity index (χ2v) is 6.32. The van der Waals surface area contributed by atoms with Gasteiger partial charge in [-0.3, -0.25) is 0 Å². The van der Waals surface area contributed by atoms with Gasteiger partial charge in [0, 0.05) is 18.6 Å². The average Bonchev–Trinajstić information content (AvgIpc) is 3.26. The number of alkyl halides is 3. The van der Waals surface area contributed by atoms with Gasteiger partial charge in [0.15, 0.2) is 0 Å². The van der Waals surface area contributed by atoms with Crippen molar-refractivity contribution in [2.75, 3.05) is 11.4 Å². The van der Waals surface area contributed by atoms with Crippen LogP contribution in [0.4, 0.5) is 18.9 Å². The summed E-state index contributed by atoms with van der Waals surface area (Å²) in [6, 6.07) is 5.92. The van der Waals surface area contributed by atoms with E-state index in [0.29, 0.717) is 23.3 Å². The van der Waals surface area contributed by atoms with Crippen LogP contribution in [-0.2, 0) is 6.54 Å². The molecule has 6 heteroatoms. The monoisotopic (exact) mass is 318 g/mol. The van der Waals surface area contributed by atoms with Gasteiger partial charge in [-0.05, 0) is 43.4 Å². The Bertz CT molecular complexity index is 510. The summed E-state index contributed by atoms with van der Waals surface area (Å²) in [5, 5.41) is 3.77. The van der Waals surface area contributed by atoms with E-state index in [-0.39, 0.29) is 6.04 Å². The molecule has 0 radical (unpaired) electrons. The van der Waals surface area contributed by atoms with Crippen molar-refractivity contribution in [2.24, 2.45) is 0 Å². The van der Waals surface area contributed by atoms with Crippen molar-refractivity contribution in [1.29, 1.82) is 0 Å². The van der Waals surface area contributed by atoms with E-state index in [1.165, 1.54) is 17.7 Å². The summed E-state index contributed by atoms with van der Waals surface area (Å²) >= 11 is 6.22. The van der Waals surface area contributed by atoms with Gasteiger partial charge in [0.05, 0.1) is 10.7 Å². The highest BCUT2D eigenvalue weighted by atomic mass is 35.5. The van der Waals surface area contributed by atoms with Gasteiger partial charge in [0.25, 0.3) is 0 Å². The van der Waals surface area contributed by atoms with Crippen LogP contribution in [0.5, 0.6) is 0 Å². The van der Waals surface area contributed by atoms with Crippen LogP contribution in [0.3, 0.4) is 0 Å². The van der Waals surface area contributed by atoms with Gasteiger partial charge >= 0.3 is 6.18 Å². The Balaban J connectivity index is 1.72. The van der Waals surface area contributed by atoms with Gasteiger partial charge in [-0.2, -0.15) is 13.2 Å². The molecule has 0 aliphatic heterocycles. The SMILES string of the molecule is FC(F)(F)CN(c1ccc(CNC2CC2)cc1Cl)C1CC1. The molecule has 0 amide bonds. The van der Waals surface area contributed by atoms with Crippen molar-refractivity contribution in [1.82, 2.24) is 5.32 Å². The van der Waals surface area contributed by atoms with Crippen LogP contribution in [0.2, 0.25) is 5.02 Å². The summed E-state index contributed by atoms with van der Waals surface area (Å²) in [5.74, 6) is 0. The van der Waals surface area contributed by atoms with E-state index in [0.717, 1.165) is 18.4 Å². The lowest BCUT2D eigenvalue weighted by Crippen LogP contribution is -2.36. The van der Waals surface area contributed by atoms with Crippen molar-refractivity contribution >= 4 is 17.3 Å². The molecule has 0 atom stereocenters. The van der Waals surface area contributed by atoms with Gasteiger partial charge in [-0.25, -0.2) is 0 Å². The molecule has 2 nitrogen and oxygen atoms in total. The molecule has 0 unspecified atom stereocenters. The predicted octanol–water partition coefficient (Wildman–Crippen LogP) is 4.12. The maximum Gasteiger partial charge on any atom is 0.405 e. The van der Waals surface area contributed by atoms with E-state index >= 15 is 0 Å². The number of hydrogen-bond donors (Lipinski definition) is 1. The molecule has 2 saturated carbocycles. The lowest BCUT2D eigenvalue weighted by molar-refractivity contribution is -0.119. The largest absolute Gasteiger partial charge is 0.405 e. The second kappa shape index (κ2) is 5.69. The number of nitrogens with one attached hydrogen (secondary N) is 1. The first-order valence-corrected chi connectivity index (χ1v) is 7.65. The maximum atomic E-state index is 12.7. The zero-order chi connectivity index (χ0) is 15.0. The summed E-state index contributed by atoms with van der Waals surface area (Å²) in [5.41, 5.74) is 1.50. The second-order valence-electron chi connectivity index (χ2n) is 5.92. The Morgan fingerprint density at radius 1 is 1.19 bits per heavy atom. The molecule has 3 rings (SSSR count). The number of anilines is 1. The number of rotatable bonds is 6. The molecule has 2 fully saturated rings. The predicted molar refractivity (Wildman–Crippen MR) is 77.7 cm³/mol. The molecular formula is C15H18ClF3N2. The highest BCUT2D eigenvalue weighted by molar-refractivity contribution is 6.33. The van der Waals surface area contributed by atoms with Crippen molar-refractivity contribution in [3.8, 4) is 0 Å². The Hall–Kier alpha value is -0.940. The molecule has 21 heavy (non-hydrogen) atoms. The first-order chi connectivity index (χ1) is 9.92. The molecule has 0 spiro atoms. The molecule has 1 aromatic rings. The van der Waals surface area contributed by atoms with Crippen molar-refractivity contribution in [2.45, 2.75) is 50.5 Å². The number of benzene rings is 1. The third kappa shape index (κ3) is 4.27. The summed E-state index contributed by atoms with van der Waals surface area (Å²) in [4.78, 5) is 1.39. The van der Waals surface area contributed by atoms with E-state index in [2.05, 4.69) is 5.32 Å². The van der Waals surface area contributed by atoms with Crippen LogP contribution in [0.25, 0.3) is 0 Å². The number of halogens is 4. The highest BCUT2D eigenvalue weighted by Crippen LogP contribution is 2.38. The van der Waals surface area contributed by atoms with Crippen molar-refractivity contribution in [3.05, 3.63) is 28.8 Å². The van der Waals surface area contributed by atoms with Gasteiger partial charge in [0.2, 0.25) is 0 Å². The van der Waals surface area contributed by atoms with E-state index < -0.39 is 12.7 Å². The third-order valence-electron chi connectivity index (χ3n) is 3.83. The van der Waals surface area contributed by atoms with Crippen LogP contribution in [0.15, 0.2) is 18.2 Å². The topological polar surface area (TPSA) is 15.3 Å². The van der Waals surface area contributed by atoms with E-state index in [4.69, 9.17) is 11.6 Å². The zero-order valence-electron chi connectivity index (χ0n) is 11.6. The van der Waals surface area contributed by atoms with Crippen LogP contribution in [0, 0.1) is 0 Å². The fourth-order valence-corrected chi connectivity index (χ4v) is 2.74. The quantitative estimate of drug-likeness (QED) is 0.848. The number of nitrogens with zero attached hydrogens (tertiary/aromatic N) is 1. The number of hydrogen-bond acceptors (Lipinski definition) is 2. The van der Waals surface area contributed by atoms with Crippen LogP contribution in [-0.4, -0.2) is 24.8 Å². The normalized spacial score (nSPS) is 18.9. The average molecular weight is 319 g/mol. The molecule has 2 aliphatic carbocycles. The molecule has 0 heterocycles. The molecule has 0 bridgehead atoms. The van der Waals surface area contributed by atoms with Crippen molar-refractivity contribution < 1.29 is 13.2 Å². The minimum atomic E-state index is -4.21. The summed E-state index contributed by atoms with van der Waals surface area (Å²) < 4.78 is 38.1. The molecule has 0 aromatic heterocycles. The van der Waals surface area contributed by atoms with E-state index in [1.807, 2.05) is 6.07 Å². The van der Waals surface area contributed by atoms with Crippen LogP contribution < -0.4 is 10.2 Å². The molecule has 1 N–H and O–H groups in total. The Morgan fingerprint density at radius 3 is 2.43 bits per heavy atom. The van der Waals surface area contributed by atoms with Gasteiger partial charge in [-0.15, -0.1) is 0 Å². The molecule has 116 valence electrons. The standard InChI is InChI=1S/C15H18ClF3N2/c16-13-7-10(8-20-11-2-3-11)1-6-14(13)21(12-4-5-12)9-15(17,18)19/h1,6-7,11-12,20H,2-5,8-9H2. The molecular weight excluding hydrogens is 301 g/mol. The Kier molecular flexibility index (Phi) is 4.06. The Morgan fingerprint density at radius 2 is 1.90 bits per heavy atom. The van der Waals surface area contributed by atoms with E-state index in [1.54, 1.807) is 12.1 Å². The molecule has 2 aliphatic rings. The van der Waals surface area contributed by atoms with Crippen molar-refractivity contribution in [3.63, 3.8) is 0 Å². The summed E-state index contributed by atoms with van der Waals surface area (Å²) in [7, 11) is 0. The molecule has 0 saturated heterocycles. The lowest BCUT2D eigenvalue weighted by Gasteiger charge is -2.27. The minimum Gasteiger partial charge on any atom is -0.358 e. The molecule has 1 aromatic carbocycles. The first kappa shape index (κ1) is 15.0. The first-order valence-electron chi connectivity index (χ1n) is 7.27. The summed E-state index contributed by atoms with van der Waals surface area (Å²) in [6.45, 7) is -0.218. The van der Waals surface area contributed by atoms with E-state index in [9.17, 15) is 13.2 Å². The van der Waals surface area contributed by atoms with Crippen LogP contribution in [0.1, 0.15) is 31.2 Å². The lowest BCUT2D eigenvalue weighted by atomic mass is 10.2. The van der Waals surface area contributed by atoms with Crippen LogP contribution >= 0.6 is 11.6 Å². The fraction of sp³-hybridized carbons (Fsp3) is 0.600. The smallest absolute Gasteiger partial charge is 0.358 e. The summed E-state index contributed by atoms with van der Waals surface area (Å²) in [6.07, 6.45) is -0.202. The highest BCUT2D eigenvalue weighted by Gasteiger charge is 2.38. The maximum absolute atomic E-state index is 12.7. The third-order valence-corrected chi connectivity index (χ3v) is 4.13. The zero-order valence-corrected chi connectivity index (χ0v) is 12.3. The minimum absolute atomic E-state index is 0.0282. The van der Waals surface area contributed by atoms with Gasteiger partial charge < -0.3 is 10.2 Å². The van der Waals surface area contributed by atoms with Gasteiger partial charge in [0.1, 0.15) is 6.54 Å². The fourth-order valence-electron chi connectivity index (χ4n) is 2.43. The van der Waals surface area contributed by atoms with Gasteiger partial charge in [-0.1, -0.05) is 17.7 Å². The Labute approximate surface area is 127 Å².